The van der Waals surface area contributed by atoms with E-state index in [-0.39, 0.29) is 19.5 Å². The number of carbonyl (C=O) groups excluding carboxylic acids is 1. The van der Waals surface area contributed by atoms with Crippen LogP contribution in [-0.2, 0) is 14.3 Å². The first kappa shape index (κ1) is 17.2. The van der Waals surface area contributed by atoms with Crippen LogP contribution in [0.1, 0.15) is 6.42 Å². The normalized spacial score (nSPS) is 11.4. The third kappa shape index (κ3) is 7.23. The molecule has 8 heteroatoms. The van der Waals surface area contributed by atoms with E-state index in [1.807, 2.05) is 6.07 Å². The van der Waals surface area contributed by atoms with Crippen molar-refractivity contribution < 1.29 is 24.2 Å². The molecule has 0 spiro atoms. The number of urea groups is 1. The van der Waals surface area contributed by atoms with Crippen molar-refractivity contribution in [2.24, 2.45) is 0 Å². The Kier molecular flexibility index (Phi) is 9.12. The van der Waals surface area contributed by atoms with Crippen LogP contribution in [0.2, 0.25) is 0 Å². The molecule has 0 rings (SSSR count). The van der Waals surface area contributed by atoms with Gasteiger partial charge in [0.25, 0.3) is 0 Å². The summed E-state index contributed by atoms with van der Waals surface area (Å²) in [5, 5.41) is 19.7. The number of carbonyl (C=O) groups is 2. The zero-order valence-corrected chi connectivity index (χ0v) is 11.1. The summed E-state index contributed by atoms with van der Waals surface area (Å²) < 4.78 is 9.56. The number of hydrogen-bond acceptors (Lipinski definition) is 5. The van der Waals surface area contributed by atoms with Crippen LogP contribution in [0.4, 0.5) is 4.79 Å². The Morgan fingerprint density at radius 2 is 2.11 bits per heavy atom. The predicted molar refractivity (Wildman–Crippen MR) is 65.5 cm³/mol. The van der Waals surface area contributed by atoms with Crippen molar-refractivity contribution in [1.29, 1.82) is 5.26 Å². The molecule has 0 fully saturated rings. The molecule has 0 aromatic rings. The van der Waals surface area contributed by atoms with Gasteiger partial charge in [-0.3, -0.25) is 0 Å². The molecular formula is C11H19N3O5. The van der Waals surface area contributed by atoms with Crippen LogP contribution in [0.25, 0.3) is 0 Å². The van der Waals surface area contributed by atoms with E-state index >= 15 is 0 Å². The predicted octanol–water partition coefficient (Wildman–Crippen LogP) is -0.342. The lowest BCUT2D eigenvalue weighted by molar-refractivity contribution is -0.148. The Bertz CT molecular complexity index is 329. The number of methoxy groups -OCH3 is 2. The van der Waals surface area contributed by atoms with E-state index in [4.69, 9.17) is 19.8 Å². The molecule has 0 aliphatic heterocycles. The van der Waals surface area contributed by atoms with Crippen LogP contribution in [0.3, 0.4) is 0 Å². The largest absolute Gasteiger partial charge is 0.479 e. The number of rotatable bonds is 9. The third-order valence-corrected chi connectivity index (χ3v) is 2.34. The molecule has 2 amide bonds. The summed E-state index contributed by atoms with van der Waals surface area (Å²) in [4.78, 5) is 23.9. The lowest BCUT2D eigenvalue weighted by atomic mass is 10.3. The van der Waals surface area contributed by atoms with E-state index < -0.39 is 18.1 Å². The highest BCUT2D eigenvalue weighted by Crippen LogP contribution is 1.95. The van der Waals surface area contributed by atoms with E-state index in [1.165, 1.54) is 19.1 Å². The van der Waals surface area contributed by atoms with E-state index in [0.717, 1.165) is 0 Å². The molecule has 0 saturated carbocycles. The average molecular weight is 273 g/mol. The van der Waals surface area contributed by atoms with Gasteiger partial charge in [-0.05, 0) is 0 Å². The standard InChI is InChI=1S/C11H19N3O5/c1-18-7-6-14(5-3-4-12)11(17)13-8-9(19-2)10(15)16/h9H,3,5-8H2,1-2H3,(H,13,17)(H,15,16). The molecule has 0 bridgehead atoms. The van der Waals surface area contributed by atoms with E-state index in [0.29, 0.717) is 13.2 Å². The minimum atomic E-state index is -1.15. The van der Waals surface area contributed by atoms with Crippen molar-refractivity contribution >= 4 is 12.0 Å². The summed E-state index contributed by atoms with van der Waals surface area (Å²) in [6.45, 7) is 0.789. The van der Waals surface area contributed by atoms with Gasteiger partial charge in [0.05, 0.1) is 25.6 Å². The maximum Gasteiger partial charge on any atom is 0.334 e. The number of carboxylic acids is 1. The topological polar surface area (TPSA) is 112 Å². The molecule has 0 saturated heterocycles. The number of amides is 2. The summed E-state index contributed by atoms with van der Waals surface area (Å²) in [6.07, 6.45) is -0.895. The number of aliphatic carboxylic acids is 1. The van der Waals surface area contributed by atoms with Crippen LogP contribution < -0.4 is 5.32 Å². The zero-order valence-electron chi connectivity index (χ0n) is 11.1. The van der Waals surface area contributed by atoms with Crippen molar-refractivity contribution in [2.75, 3.05) is 40.5 Å². The number of nitrogens with zero attached hydrogens (tertiary/aromatic N) is 2. The minimum absolute atomic E-state index is 0.138. The fraction of sp³-hybridized carbons (Fsp3) is 0.727. The quantitative estimate of drug-likeness (QED) is 0.594. The summed E-state index contributed by atoms with van der Waals surface area (Å²) in [5.41, 5.74) is 0. The van der Waals surface area contributed by atoms with Gasteiger partial charge in [0, 0.05) is 27.3 Å². The monoisotopic (exact) mass is 273 g/mol. The lowest BCUT2D eigenvalue weighted by Crippen LogP contribution is -2.46. The number of nitrogens with one attached hydrogen (secondary N) is 1. The SMILES string of the molecule is COCCN(CCC#N)C(=O)NCC(OC)C(=O)O. The van der Waals surface area contributed by atoms with Gasteiger partial charge in [0.1, 0.15) is 0 Å². The van der Waals surface area contributed by atoms with Crippen molar-refractivity contribution in [1.82, 2.24) is 10.2 Å². The third-order valence-electron chi connectivity index (χ3n) is 2.34. The Morgan fingerprint density at radius 3 is 2.58 bits per heavy atom. The second-order valence-electron chi connectivity index (χ2n) is 3.64. The fourth-order valence-electron chi connectivity index (χ4n) is 1.26. The van der Waals surface area contributed by atoms with Gasteiger partial charge in [-0.15, -0.1) is 0 Å². The van der Waals surface area contributed by atoms with Gasteiger partial charge in [-0.25, -0.2) is 9.59 Å². The van der Waals surface area contributed by atoms with E-state index in [9.17, 15) is 9.59 Å². The summed E-state index contributed by atoms with van der Waals surface area (Å²) in [5.74, 6) is -1.15. The van der Waals surface area contributed by atoms with Crippen LogP contribution in [0.5, 0.6) is 0 Å². The fourth-order valence-corrected chi connectivity index (χ4v) is 1.26. The van der Waals surface area contributed by atoms with Gasteiger partial charge >= 0.3 is 12.0 Å². The number of carboxylic acid groups (broad SMARTS) is 1. The van der Waals surface area contributed by atoms with Crippen LogP contribution in [-0.4, -0.2) is 68.6 Å². The molecule has 0 aliphatic carbocycles. The maximum atomic E-state index is 11.8. The molecule has 0 aromatic heterocycles. The molecule has 0 heterocycles. The first-order chi connectivity index (χ1) is 9.06. The van der Waals surface area contributed by atoms with Crippen molar-refractivity contribution in [3.05, 3.63) is 0 Å². The smallest absolute Gasteiger partial charge is 0.334 e. The van der Waals surface area contributed by atoms with Gasteiger partial charge in [-0.1, -0.05) is 0 Å². The lowest BCUT2D eigenvalue weighted by Gasteiger charge is -2.22. The summed E-state index contributed by atoms with van der Waals surface area (Å²) in [7, 11) is 2.76. The van der Waals surface area contributed by atoms with Crippen molar-refractivity contribution in [3.8, 4) is 6.07 Å². The second kappa shape index (κ2) is 10.1. The number of nitriles is 1. The highest BCUT2D eigenvalue weighted by atomic mass is 16.5. The summed E-state index contributed by atoms with van der Waals surface area (Å²) in [6, 6.07) is 1.49. The first-order valence-electron chi connectivity index (χ1n) is 5.71. The molecule has 0 aromatic carbocycles. The Morgan fingerprint density at radius 1 is 1.42 bits per heavy atom. The van der Waals surface area contributed by atoms with Crippen LogP contribution in [0.15, 0.2) is 0 Å². The van der Waals surface area contributed by atoms with Gasteiger partial charge in [0.2, 0.25) is 0 Å². The van der Waals surface area contributed by atoms with E-state index in [2.05, 4.69) is 5.32 Å². The molecule has 1 atom stereocenters. The van der Waals surface area contributed by atoms with Gasteiger partial charge < -0.3 is 24.8 Å². The van der Waals surface area contributed by atoms with Crippen LogP contribution in [0, 0.1) is 11.3 Å². The molecular weight excluding hydrogens is 254 g/mol. The maximum absolute atomic E-state index is 11.8. The highest BCUT2D eigenvalue weighted by molar-refractivity contribution is 5.77. The minimum Gasteiger partial charge on any atom is -0.479 e. The molecule has 0 radical (unpaired) electrons. The van der Waals surface area contributed by atoms with Gasteiger partial charge in [-0.2, -0.15) is 5.26 Å². The average Bonchev–Trinajstić information content (AvgIpc) is 2.39. The number of hydrogen-bond donors (Lipinski definition) is 2. The molecule has 19 heavy (non-hydrogen) atoms. The molecule has 1 unspecified atom stereocenters. The number of ether oxygens (including phenoxy) is 2. The Labute approximate surface area is 111 Å². The second-order valence-corrected chi connectivity index (χ2v) is 3.64. The Balaban J connectivity index is 4.29. The van der Waals surface area contributed by atoms with Crippen molar-refractivity contribution in [2.45, 2.75) is 12.5 Å². The first-order valence-corrected chi connectivity index (χ1v) is 5.71. The summed E-state index contributed by atoms with van der Waals surface area (Å²) >= 11 is 0. The zero-order chi connectivity index (χ0) is 14.7. The van der Waals surface area contributed by atoms with Crippen LogP contribution >= 0.6 is 0 Å². The highest BCUT2D eigenvalue weighted by Gasteiger charge is 2.19. The van der Waals surface area contributed by atoms with E-state index in [1.54, 1.807) is 0 Å². The molecule has 108 valence electrons. The molecule has 2 N–H and O–H groups in total. The molecule has 0 aliphatic rings. The molecule has 8 nitrogen and oxygen atoms in total. The Hall–Kier alpha value is -1.85. The van der Waals surface area contributed by atoms with Gasteiger partial charge in [0.15, 0.2) is 6.10 Å². The van der Waals surface area contributed by atoms with Crippen molar-refractivity contribution in [3.63, 3.8) is 0 Å².